The zero-order valence-electron chi connectivity index (χ0n) is 21.4. The molecule has 0 unspecified atom stereocenters. The molecule has 0 heterocycles. The van der Waals surface area contributed by atoms with E-state index in [1.807, 2.05) is 0 Å². The lowest BCUT2D eigenvalue weighted by atomic mass is 10.0. The summed E-state index contributed by atoms with van der Waals surface area (Å²) in [5.41, 5.74) is 1.04. The van der Waals surface area contributed by atoms with Gasteiger partial charge in [-0.2, -0.15) is 0 Å². The van der Waals surface area contributed by atoms with Crippen molar-refractivity contribution < 1.29 is 10.2 Å². The molecule has 186 valence electrons. The number of hydrogen-bond donors (Lipinski definition) is 2. The van der Waals surface area contributed by atoms with Crippen LogP contribution in [-0.4, -0.2) is 10.2 Å². The van der Waals surface area contributed by atoms with E-state index in [2.05, 4.69) is 6.92 Å². The van der Waals surface area contributed by atoms with Crippen LogP contribution in [0.5, 0.6) is 11.5 Å². The Morgan fingerprint density at radius 1 is 0.406 bits per heavy atom. The molecular formula is C30H54O2. The van der Waals surface area contributed by atoms with E-state index >= 15 is 0 Å². The van der Waals surface area contributed by atoms with Crippen molar-refractivity contribution in [2.75, 3.05) is 0 Å². The predicted molar refractivity (Wildman–Crippen MR) is 141 cm³/mol. The second-order valence-corrected chi connectivity index (χ2v) is 10.0. The van der Waals surface area contributed by atoms with Gasteiger partial charge < -0.3 is 10.2 Å². The van der Waals surface area contributed by atoms with Crippen molar-refractivity contribution in [1.82, 2.24) is 0 Å². The maximum absolute atomic E-state index is 9.51. The van der Waals surface area contributed by atoms with E-state index in [0.29, 0.717) is 0 Å². The first-order chi connectivity index (χ1) is 15.7. The van der Waals surface area contributed by atoms with Gasteiger partial charge in [-0.25, -0.2) is 0 Å². The van der Waals surface area contributed by atoms with E-state index in [1.54, 1.807) is 12.1 Å². The van der Waals surface area contributed by atoms with Gasteiger partial charge in [0.25, 0.3) is 0 Å². The van der Waals surface area contributed by atoms with E-state index in [4.69, 9.17) is 0 Å². The lowest BCUT2D eigenvalue weighted by Crippen LogP contribution is -1.87. The highest BCUT2D eigenvalue weighted by atomic mass is 16.3. The second kappa shape index (κ2) is 21.7. The highest BCUT2D eigenvalue weighted by molar-refractivity contribution is 5.36. The molecule has 0 aliphatic heterocycles. The zero-order valence-corrected chi connectivity index (χ0v) is 21.4. The average molecular weight is 447 g/mol. The monoisotopic (exact) mass is 446 g/mol. The van der Waals surface area contributed by atoms with Crippen LogP contribution in [0.25, 0.3) is 0 Å². The lowest BCUT2D eigenvalue weighted by molar-refractivity contribution is 0.449. The Morgan fingerprint density at radius 3 is 1.00 bits per heavy atom. The van der Waals surface area contributed by atoms with Crippen LogP contribution in [0.1, 0.15) is 154 Å². The van der Waals surface area contributed by atoms with Crippen LogP contribution in [0.2, 0.25) is 0 Å². The van der Waals surface area contributed by atoms with Crippen molar-refractivity contribution in [2.45, 2.75) is 155 Å². The Balaban J connectivity index is 1.71. The molecule has 2 N–H and O–H groups in total. The summed E-state index contributed by atoms with van der Waals surface area (Å²) in [6, 6.07) is 4.91. The normalized spacial score (nSPS) is 11.3. The number of unbranched alkanes of at least 4 members (excludes halogenated alkanes) is 21. The van der Waals surface area contributed by atoms with Crippen LogP contribution in [0, 0.1) is 0 Å². The minimum atomic E-state index is 0.166. The molecule has 1 aromatic carbocycles. The van der Waals surface area contributed by atoms with Gasteiger partial charge >= 0.3 is 0 Å². The van der Waals surface area contributed by atoms with Crippen LogP contribution >= 0.6 is 0 Å². The summed E-state index contributed by atoms with van der Waals surface area (Å²) in [6.45, 7) is 2.29. The molecule has 0 aliphatic rings. The van der Waals surface area contributed by atoms with Crippen LogP contribution in [-0.2, 0) is 6.42 Å². The van der Waals surface area contributed by atoms with Crippen LogP contribution in [0.4, 0.5) is 0 Å². The Kier molecular flexibility index (Phi) is 19.5. The number of phenolic OH excluding ortho intramolecular Hbond substituents is 2. The van der Waals surface area contributed by atoms with Crippen molar-refractivity contribution in [3.63, 3.8) is 0 Å². The molecule has 0 aliphatic carbocycles. The Morgan fingerprint density at radius 2 is 0.688 bits per heavy atom. The van der Waals surface area contributed by atoms with Gasteiger partial charge in [0.15, 0.2) is 0 Å². The van der Waals surface area contributed by atoms with Gasteiger partial charge in [0.2, 0.25) is 0 Å². The molecule has 0 fully saturated rings. The summed E-state index contributed by atoms with van der Waals surface area (Å²) in [4.78, 5) is 0. The van der Waals surface area contributed by atoms with Gasteiger partial charge in [-0.3, -0.25) is 0 Å². The summed E-state index contributed by atoms with van der Waals surface area (Å²) < 4.78 is 0. The number of aromatic hydroxyl groups is 2. The van der Waals surface area contributed by atoms with Crippen molar-refractivity contribution in [3.05, 3.63) is 23.8 Å². The van der Waals surface area contributed by atoms with E-state index in [1.165, 1.54) is 141 Å². The SMILES string of the molecule is CCCCCCCCCCCCCCCCCCCCCCCCc1cc(O)cc(O)c1. The molecule has 0 radical (unpaired) electrons. The van der Waals surface area contributed by atoms with Crippen molar-refractivity contribution in [2.24, 2.45) is 0 Å². The fraction of sp³-hybridized carbons (Fsp3) is 0.800. The molecule has 0 amide bonds. The third kappa shape index (κ3) is 18.4. The molecular weight excluding hydrogens is 392 g/mol. The van der Waals surface area contributed by atoms with Gasteiger partial charge in [0, 0.05) is 6.07 Å². The number of phenols is 2. The standard InChI is InChI=1S/C30H54O2/c1-2-3-4-5-6-7-8-9-10-11-12-13-14-15-16-17-18-19-20-21-22-23-24-28-25-29(31)27-30(32)26-28/h25-27,31-32H,2-24H2,1H3. The fourth-order valence-electron chi connectivity index (χ4n) is 4.74. The Labute approximate surface area is 200 Å². The van der Waals surface area contributed by atoms with Crippen molar-refractivity contribution in [3.8, 4) is 11.5 Å². The molecule has 32 heavy (non-hydrogen) atoms. The highest BCUT2D eigenvalue weighted by Gasteiger charge is 2.00. The van der Waals surface area contributed by atoms with E-state index in [-0.39, 0.29) is 11.5 Å². The van der Waals surface area contributed by atoms with Gasteiger partial charge in [-0.15, -0.1) is 0 Å². The number of hydrogen-bond acceptors (Lipinski definition) is 2. The van der Waals surface area contributed by atoms with Gasteiger partial charge in [-0.05, 0) is 30.5 Å². The van der Waals surface area contributed by atoms with E-state index in [0.717, 1.165) is 18.4 Å². The van der Waals surface area contributed by atoms with Gasteiger partial charge in [0.05, 0.1) is 0 Å². The maximum atomic E-state index is 9.51. The third-order valence-electron chi connectivity index (χ3n) is 6.78. The molecule has 0 bridgehead atoms. The highest BCUT2D eigenvalue weighted by Crippen LogP contribution is 2.22. The first kappa shape index (κ1) is 28.9. The summed E-state index contributed by atoms with van der Waals surface area (Å²) >= 11 is 0. The van der Waals surface area contributed by atoms with Crippen LogP contribution in [0.15, 0.2) is 18.2 Å². The molecule has 1 aromatic rings. The Bertz CT molecular complexity index is 505. The molecule has 0 saturated carbocycles. The second-order valence-electron chi connectivity index (χ2n) is 10.0. The molecule has 0 spiro atoms. The van der Waals surface area contributed by atoms with Gasteiger partial charge in [0.1, 0.15) is 11.5 Å². The summed E-state index contributed by atoms with van der Waals surface area (Å²) in [7, 11) is 0. The molecule has 2 nitrogen and oxygen atoms in total. The quantitative estimate of drug-likeness (QED) is 0.164. The van der Waals surface area contributed by atoms with Gasteiger partial charge in [-0.1, -0.05) is 142 Å². The van der Waals surface area contributed by atoms with Crippen molar-refractivity contribution in [1.29, 1.82) is 0 Å². The first-order valence-electron chi connectivity index (χ1n) is 14.2. The third-order valence-corrected chi connectivity index (χ3v) is 6.78. The van der Waals surface area contributed by atoms with E-state index < -0.39 is 0 Å². The molecule has 0 saturated heterocycles. The summed E-state index contributed by atoms with van der Waals surface area (Å²) in [5, 5.41) is 19.0. The van der Waals surface area contributed by atoms with Crippen LogP contribution < -0.4 is 0 Å². The van der Waals surface area contributed by atoms with Crippen LogP contribution in [0.3, 0.4) is 0 Å². The predicted octanol–water partition coefficient (Wildman–Crippen LogP) is 10.2. The zero-order chi connectivity index (χ0) is 23.1. The molecule has 0 aromatic heterocycles. The first-order valence-corrected chi connectivity index (χ1v) is 14.2. The smallest absolute Gasteiger partial charge is 0.119 e. The topological polar surface area (TPSA) is 40.5 Å². The fourth-order valence-corrected chi connectivity index (χ4v) is 4.74. The lowest BCUT2D eigenvalue weighted by Gasteiger charge is -2.05. The molecule has 1 rings (SSSR count). The largest absolute Gasteiger partial charge is 0.508 e. The van der Waals surface area contributed by atoms with Crippen molar-refractivity contribution >= 4 is 0 Å². The summed E-state index contributed by atoms with van der Waals surface area (Å²) in [6.07, 6.45) is 31.9. The van der Waals surface area contributed by atoms with E-state index in [9.17, 15) is 10.2 Å². The number of aryl methyl sites for hydroxylation is 1. The number of rotatable bonds is 23. The average Bonchev–Trinajstić information content (AvgIpc) is 2.76. The molecule has 0 atom stereocenters. The molecule has 2 heteroatoms. The summed E-state index contributed by atoms with van der Waals surface area (Å²) in [5.74, 6) is 0.331. The minimum Gasteiger partial charge on any atom is -0.508 e. The minimum absolute atomic E-state index is 0.166. The Hall–Kier alpha value is -1.18. The maximum Gasteiger partial charge on any atom is 0.119 e. The number of benzene rings is 1.